The Morgan fingerprint density at radius 2 is 1.83 bits per heavy atom. The van der Waals surface area contributed by atoms with E-state index in [4.69, 9.17) is 0 Å². The molecule has 2 heterocycles. The summed E-state index contributed by atoms with van der Waals surface area (Å²) in [4.78, 5) is 2.83. The van der Waals surface area contributed by atoms with Gasteiger partial charge in [0.15, 0.2) is 11.5 Å². The molecule has 4 rings (SSSR count). The number of hydrogen-bond donors (Lipinski definition) is 3. The number of thiophene rings is 1. The molecule has 3 nitrogen and oxygen atoms in total. The largest absolute Gasteiger partial charge is 0.504 e. The summed E-state index contributed by atoms with van der Waals surface area (Å²) in [5, 5.41) is 23.5. The van der Waals surface area contributed by atoms with Gasteiger partial charge in [0.1, 0.15) is 0 Å². The van der Waals surface area contributed by atoms with Crippen LogP contribution in [0, 0.1) is 0 Å². The van der Waals surface area contributed by atoms with Crippen LogP contribution in [0.1, 0.15) is 59.6 Å². The Balaban J connectivity index is 1.87. The fourth-order valence-corrected chi connectivity index (χ4v) is 5.10. The molecule has 1 aromatic heterocycles. The van der Waals surface area contributed by atoms with E-state index in [1.54, 1.807) is 12.1 Å². The Morgan fingerprint density at radius 3 is 2.57 bits per heavy atom. The lowest BCUT2D eigenvalue weighted by Gasteiger charge is -2.38. The molecular formula is C19H23NO2S. The maximum absolute atomic E-state index is 9.98. The van der Waals surface area contributed by atoms with Crippen molar-refractivity contribution in [3.63, 3.8) is 0 Å². The summed E-state index contributed by atoms with van der Waals surface area (Å²) < 4.78 is 0. The molecule has 1 aromatic carbocycles. The van der Waals surface area contributed by atoms with Crippen LogP contribution in [0.3, 0.4) is 0 Å². The van der Waals surface area contributed by atoms with E-state index in [-0.39, 0.29) is 22.8 Å². The van der Waals surface area contributed by atoms with E-state index in [2.05, 4.69) is 32.2 Å². The molecule has 0 saturated heterocycles. The van der Waals surface area contributed by atoms with E-state index in [0.29, 0.717) is 6.04 Å². The quantitative estimate of drug-likeness (QED) is 0.640. The Morgan fingerprint density at radius 1 is 1.09 bits per heavy atom. The number of aryl methyl sites for hydroxylation is 1. The highest BCUT2D eigenvalue weighted by molar-refractivity contribution is 7.12. The molecular weight excluding hydrogens is 306 g/mol. The van der Waals surface area contributed by atoms with E-state index >= 15 is 0 Å². The molecule has 2 aromatic rings. The number of fused-ring (bicyclic) bond motifs is 5. The van der Waals surface area contributed by atoms with Crippen LogP contribution in [0.25, 0.3) is 0 Å². The summed E-state index contributed by atoms with van der Waals surface area (Å²) in [6.45, 7) is 7.71. The van der Waals surface area contributed by atoms with Crippen molar-refractivity contribution in [2.75, 3.05) is 0 Å². The van der Waals surface area contributed by atoms with Gasteiger partial charge in [0.25, 0.3) is 0 Å². The third-order valence-electron chi connectivity index (χ3n) is 5.14. The van der Waals surface area contributed by atoms with Crippen LogP contribution in [0.15, 0.2) is 18.2 Å². The highest BCUT2D eigenvalue weighted by Crippen LogP contribution is 2.47. The highest BCUT2D eigenvalue weighted by Gasteiger charge is 2.37. The summed E-state index contributed by atoms with van der Waals surface area (Å²) in [5.74, 6) is 0.260. The summed E-state index contributed by atoms with van der Waals surface area (Å²) >= 11 is 1.91. The number of nitrogens with one attached hydrogen (secondary N) is 1. The first-order valence-electron chi connectivity index (χ1n) is 8.26. The average molecular weight is 329 g/mol. The number of hydrogen-bond acceptors (Lipinski definition) is 4. The maximum Gasteiger partial charge on any atom is 0.157 e. The molecule has 2 atom stereocenters. The Hall–Kier alpha value is -1.52. The van der Waals surface area contributed by atoms with Gasteiger partial charge in [-0.3, -0.25) is 0 Å². The monoisotopic (exact) mass is 329 g/mol. The van der Waals surface area contributed by atoms with Crippen LogP contribution in [0.2, 0.25) is 0 Å². The van der Waals surface area contributed by atoms with Crippen LogP contribution < -0.4 is 5.32 Å². The van der Waals surface area contributed by atoms with Crippen LogP contribution in [0.4, 0.5) is 0 Å². The minimum atomic E-state index is -0.0113. The first-order chi connectivity index (χ1) is 10.8. The second kappa shape index (κ2) is 4.99. The summed E-state index contributed by atoms with van der Waals surface area (Å²) in [6, 6.07) is 6.30. The molecule has 2 aliphatic rings. The van der Waals surface area contributed by atoms with Crippen LogP contribution >= 0.6 is 11.3 Å². The summed E-state index contributed by atoms with van der Waals surface area (Å²) in [5.41, 5.74) is 3.91. The molecule has 0 saturated carbocycles. The smallest absolute Gasteiger partial charge is 0.157 e. The van der Waals surface area contributed by atoms with Gasteiger partial charge in [-0.2, -0.15) is 0 Å². The molecule has 3 N–H and O–H groups in total. The number of benzene rings is 1. The highest BCUT2D eigenvalue weighted by atomic mass is 32.1. The lowest BCUT2D eigenvalue weighted by Crippen LogP contribution is -2.41. The predicted molar refractivity (Wildman–Crippen MR) is 93.6 cm³/mol. The zero-order valence-electron chi connectivity index (χ0n) is 13.8. The molecule has 4 heteroatoms. The van der Waals surface area contributed by atoms with E-state index in [1.807, 2.05) is 11.3 Å². The first kappa shape index (κ1) is 15.0. The van der Waals surface area contributed by atoms with Crippen molar-refractivity contribution in [3.05, 3.63) is 44.6 Å². The molecule has 0 bridgehead atoms. The van der Waals surface area contributed by atoms with Gasteiger partial charge in [-0.1, -0.05) is 20.8 Å². The summed E-state index contributed by atoms with van der Waals surface area (Å²) in [6.07, 6.45) is 2.02. The molecule has 0 amide bonds. The van der Waals surface area contributed by atoms with E-state index in [1.165, 1.54) is 26.4 Å². The van der Waals surface area contributed by atoms with Crippen molar-refractivity contribution >= 4 is 11.3 Å². The number of phenolic OH excluding ortho intramolecular Hbond substituents is 2. The minimum absolute atomic E-state index is 0.00751. The third-order valence-corrected chi connectivity index (χ3v) is 6.72. The average Bonchev–Trinajstić information content (AvgIpc) is 2.92. The van der Waals surface area contributed by atoms with Gasteiger partial charge in [0.05, 0.1) is 0 Å². The number of rotatable bonds is 0. The predicted octanol–water partition coefficient (Wildman–Crippen LogP) is 4.01. The fourth-order valence-electron chi connectivity index (χ4n) is 3.88. The Labute approximate surface area is 141 Å². The lowest BCUT2D eigenvalue weighted by atomic mass is 9.73. The molecule has 0 unspecified atom stereocenters. The topological polar surface area (TPSA) is 52.5 Å². The Kier molecular flexibility index (Phi) is 3.26. The molecule has 23 heavy (non-hydrogen) atoms. The summed E-state index contributed by atoms with van der Waals surface area (Å²) in [7, 11) is 0. The van der Waals surface area contributed by atoms with E-state index in [0.717, 1.165) is 19.4 Å². The van der Waals surface area contributed by atoms with Crippen molar-refractivity contribution in [2.45, 2.75) is 57.5 Å². The number of aromatic hydroxyl groups is 2. The minimum Gasteiger partial charge on any atom is -0.504 e. The van der Waals surface area contributed by atoms with Crippen molar-refractivity contribution in [1.29, 1.82) is 0 Å². The third kappa shape index (κ3) is 2.36. The number of phenols is 2. The van der Waals surface area contributed by atoms with Crippen LogP contribution in [-0.4, -0.2) is 16.3 Å². The van der Waals surface area contributed by atoms with Gasteiger partial charge < -0.3 is 15.5 Å². The van der Waals surface area contributed by atoms with Crippen molar-refractivity contribution in [3.8, 4) is 11.5 Å². The van der Waals surface area contributed by atoms with Crippen molar-refractivity contribution in [2.24, 2.45) is 0 Å². The van der Waals surface area contributed by atoms with Gasteiger partial charge in [-0.05, 0) is 53.1 Å². The molecule has 1 aliphatic carbocycles. The van der Waals surface area contributed by atoms with Crippen LogP contribution in [-0.2, 0) is 18.4 Å². The van der Waals surface area contributed by atoms with Gasteiger partial charge in [-0.15, -0.1) is 11.3 Å². The van der Waals surface area contributed by atoms with E-state index < -0.39 is 0 Å². The zero-order valence-corrected chi connectivity index (χ0v) is 14.6. The normalized spacial score (nSPS) is 23.1. The lowest BCUT2D eigenvalue weighted by molar-refractivity contribution is 0.382. The van der Waals surface area contributed by atoms with Crippen molar-refractivity contribution in [1.82, 2.24) is 5.32 Å². The standard InChI is InChI=1S/C19H23NO2S/c1-19(2,3)17-8-12-16(23-17)9-20-13-5-4-10-6-14(21)15(22)7-11(10)18(12)13/h6-8,13,18,20-22H,4-5,9H2,1-3H3/t13-,18+/m0/s1. The molecule has 122 valence electrons. The van der Waals surface area contributed by atoms with E-state index in [9.17, 15) is 10.2 Å². The Bertz CT molecular complexity index is 772. The second-order valence-electron chi connectivity index (χ2n) is 7.78. The first-order valence-corrected chi connectivity index (χ1v) is 9.07. The molecule has 1 aliphatic heterocycles. The van der Waals surface area contributed by atoms with Crippen LogP contribution in [0.5, 0.6) is 11.5 Å². The van der Waals surface area contributed by atoms with Crippen molar-refractivity contribution < 1.29 is 10.2 Å². The van der Waals surface area contributed by atoms with Gasteiger partial charge >= 0.3 is 0 Å². The maximum atomic E-state index is 9.98. The molecule has 0 radical (unpaired) electrons. The molecule has 0 fully saturated rings. The zero-order chi connectivity index (χ0) is 16.4. The SMILES string of the molecule is CC(C)(C)c1cc2c(s1)CN[C@H]1CCc3cc(O)c(O)cc3[C@H]21. The van der Waals surface area contributed by atoms with Gasteiger partial charge in [0.2, 0.25) is 0 Å². The molecule has 0 spiro atoms. The van der Waals surface area contributed by atoms with Gasteiger partial charge in [-0.25, -0.2) is 0 Å². The second-order valence-corrected chi connectivity index (χ2v) is 8.92. The fraction of sp³-hybridized carbons (Fsp3) is 0.474. The van der Waals surface area contributed by atoms with Gasteiger partial charge in [0, 0.05) is 28.3 Å².